The highest BCUT2D eigenvalue weighted by Crippen LogP contribution is 2.24. The van der Waals surface area contributed by atoms with E-state index >= 15 is 0 Å². The van der Waals surface area contributed by atoms with Gasteiger partial charge in [-0.1, -0.05) is 23.7 Å². The van der Waals surface area contributed by atoms with Crippen LogP contribution in [-0.2, 0) is 10.0 Å². The van der Waals surface area contributed by atoms with E-state index in [1.807, 2.05) is 0 Å². The summed E-state index contributed by atoms with van der Waals surface area (Å²) in [4.78, 5) is 25.8. The van der Waals surface area contributed by atoms with Crippen LogP contribution in [0.25, 0.3) is 5.69 Å². The summed E-state index contributed by atoms with van der Waals surface area (Å²) in [6, 6.07) is 9.16. The van der Waals surface area contributed by atoms with Gasteiger partial charge in [0.05, 0.1) is 10.7 Å². The molecule has 2 aromatic carbocycles. The molecule has 3 aromatic rings. The first-order chi connectivity index (χ1) is 16.5. The van der Waals surface area contributed by atoms with Crippen molar-refractivity contribution in [2.45, 2.75) is 11.8 Å². The summed E-state index contributed by atoms with van der Waals surface area (Å²) in [5.74, 6) is -5.93. The molecule has 0 aliphatic carbocycles. The highest BCUT2D eigenvalue weighted by Gasteiger charge is 2.34. The van der Waals surface area contributed by atoms with E-state index in [2.05, 4.69) is 5.10 Å². The maximum Gasteiger partial charge on any atom is 0.278 e. The summed E-state index contributed by atoms with van der Waals surface area (Å²) >= 11 is 6.22. The highest BCUT2D eigenvalue weighted by atomic mass is 35.5. The molecule has 1 amide bonds. The number of benzene rings is 2. The summed E-state index contributed by atoms with van der Waals surface area (Å²) in [6.07, 6.45) is 0. The molecule has 1 fully saturated rings. The Morgan fingerprint density at radius 1 is 1.00 bits per heavy atom. The molecule has 0 N–H and O–H groups in total. The molecular formula is C22H18ClF3N4O4S. The zero-order valence-electron chi connectivity index (χ0n) is 18.2. The fourth-order valence-corrected chi connectivity index (χ4v) is 5.38. The Bertz CT molecular complexity index is 1490. The van der Waals surface area contributed by atoms with Crippen molar-refractivity contribution < 1.29 is 26.4 Å². The largest absolute Gasteiger partial charge is 0.334 e. The van der Waals surface area contributed by atoms with Crippen LogP contribution >= 0.6 is 11.6 Å². The molecule has 35 heavy (non-hydrogen) atoms. The molecule has 2 heterocycles. The molecule has 0 unspecified atom stereocenters. The molecule has 1 aliphatic rings. The van der Waals surface area contributed by atoms with Gasteiger partial charge in [0.15, 0.2) is 23.1 Å². The van der Waals surface area contributed by atoms with Gasteiger partial charge >= 0.3 is 0 Å². The van der Waals surface area contributed by atoms with E-state index in [1.54, 1.807) is 31.2 Å². The molecule has 184 valence electrons. The molecular weight excluding hydrogens is 509 g/mol. The smallest absolute Gasteiger partial charge is 0.278 e. The van der Waals surface area contributed by atoms with E-state index in [0.29, 0.717) is 28.5 Å². The van der Waals surface area contributed by atoms with Crippen LogP contribution in [0, 0.1) is 24.4 Å². The van der Waals surface area contributed by atoms with Crippen molar-refractivity contribution in [1.29, 1.82) is 0 Å². The first kappa shape index (κ1) is 24.9. The van der Waals surface area contributed by atoms with Crippen molar-refractivity contribution in [3.05, 3.63) is 86.6 Å². The Labute approximate surface area is 203 Å². The summed E-state index contributed by atoms with van der Waals surface area (Å²) < 4.78 is 68.6. The summed E-state index contributed by atoms with van der Waals surface area (Å²) in [6.45, 7) is 0.857. The third-order valence-corrected chi connectivity index (χ3v) is 7.77. The molecule has 13 heteroatoms. The zero-order valence-corrected chi connectivity index (χ0v) is 19.8. The Morgan fingerprint density at radius 2 is 1.66 bits per heavy atom. The van der Waals surface area contributed by atoms with E-state index in [-0.39, 0.29) is 31.9 Å². The van der Waals surface area contributed by atoms with Crippen molar-refractivity contribution in [2.75, 3.05) is 26.2 Å². The molecule has 1 aliphatic heterocycles. The lowest BCUT2D eigenvalue weighted by Gasteiger charge is -2.33. The highest BCUT2D eigenvalue weighted by molar-refractivity contribution is 7.89. The number of para-hydroxylation sites is 1. The summed E-state index contributed by atoms with van der Waals surface area (Å²) in [5.41, 5.74) is -0.0810. The fraction of sp³-hybridized carbons (Fsp3) is 0.227. The summed E-state index contributed by atoms with van der Waals surface area (Å²) in [5, 5.41) is 4.55. The minimum Gasteiger partial charge on any atom is -0.334 e. The van der Waals surface area contributed by atoms with Gasteiger partial charge in [0, 0.05) is 37.9 Å². The average molecular weight is 527 g/mol. The fourth-order valence-electron chi connectivity index (χ4n) is 3.69. The lowest BCUT2D eigenvalue weighted by atomic mass is 10.2. The van der Waals surface area contributed by atoms with E-state index in [1.165, 1.54) is 15.6 Å². The van der Waals surface area contributed by atoms with Crippen LogP contribution in [0.2, 0.25) is 5.02 Å². The van der Waals surface area contributed by atoms with E-state index < -0.39 is 43.7 Å². The van der Waals surface area contributed by atoms with E-state index in [4.69, 9.17) is 11.6 Å². The monoisotopic (exact) mass is 526 g/mol. The van der Waals surface area contributed by atoms with Gasteiger partial charge in [-0.2, -0.15) is 9.40 Å². The molecule has 4 rings (SSSR count). The molecule has 1 saturated heterocycles. The van der Waals surface area contributed by atoms with Gasteiger partial charge in [0.25, 0.3) is 5.91 Å². The van der Waals surface area contributed by atoms with Crippen molar-refractivity contribution >= 4 is 27.5 Å². The van der Waals surface area contributed by atoms with E-state index in [0.717, 1.165) is 4.31 Å². The molecule has 0 radical (unpaired) electrons. The van der Waals surface area contributed by atoms with Crippen LogP contribution in [0.15, 0.2) is 52.2 Å². The Morgan fingerprint density at radius 3 is 2.31 bits per heavy atom. The maximum atomic E-state index is 14.1. The van der Waals surface area contributed by atoms with Crippen molar-refractivity contribution in [3.8, 4) is 5.69 Å². The predicted octanol–water partition coefficient (Wildman–Crippen LogP) is 2.76. The standard InChI is InChI=1S/C22H18ClF3N4O4S/c1-13-12-17(31)21(27-30(13)16-5-3-2-4-14(16)23)22(32)28-8-10-29(11-9-28)35(33,34)18-7-6-15(24)19(25)20(18)26/h2-7,12H,8-11H2,1H3. The Hall–Kier alpha value is -3.22. The van der Waals surface area contributed by atoms with Crippen molar-refractivity contribution in [3.63, 3.8) is 0 Å². The van der Waals surface area contributed by atoms with Crippen LogP contribution in [0.1, 0.15) is 16.2 Å². The predicted molar refractivity (Wildman–Crippen MR) is 121 cm³/mol. The number of aromatic nitrogens is 2. The molecule has 8 nitrogen and oxygen atoms in total. The quantitative estimate of drug-likeness (QED) is 0.487. The number of carbonyl (C=O) groups excluding carboxylic acids is 1. The second-order valence-corrected chi connectivity index (χ2v) is 10.0. The number of aryl methyl sites for hydroxylation is 1. The molecule has 1 aromatic heterocycles. The lowest BCUT2D eigenvalue weighted by molar-refractivity contribution is 0.0688. The van der Waals surface area contributed by atoms with Gasteiger partial charge < -0.3 is 4.90 Å². The minimum absolute atomic E-state index is 0.134. The molecule has 0 bridgehead atoms. The van der Waals surface area contributed by atoms with Gasteiger partial charge in [0.2, 0.25) is 15.5 Å². The van der Waals surface area contributed by atoms with Gasteiger partial charge in [-0.3, -0.25) is 9.59 Å². The number of piperazine rings is 1. The molecule has 0 spiro atoms. The number of amides is 1. The lowest BCUT2D eigenvalue weighted by Crippen LogP contribution is -2.51. The first-order valence-corrected chi connectivity index (χ1v) is 12.1. The number of carbonyl (C=O) groups is 1. The van der Waals surface area contributed by atoms with Crippen LogP contribution in [-0.4, -0.2) is 59.5 Å². The number of sulfonamides is 1. The number of nitrogens with zero attached hydrogens (tertiary/aromatic N) is 4. The molecule has 0 saturated carbocycles. The second kappa shape index (κ2) is 9.44. The third kappa shape index (κ3) is 4.56. The van der Waals surface area contributed by atoms with Gasteiger partial charge in [0.1, 0.15) is 4.90 Å². The van der Waals surface area contributed by atoms with Gasteiger partial charge in [-0.05, 0) is 31.2 Å². The van der Waals surface area contributed by atoms with Gasteiger partial charge in [-0.25, -0.2) is 26.3 Å². The molecule has 0 atom stereocenters. The SMILES string of the molecule is Cc1cc(=O)c(C(=O)N2CCN(S(=O)(=O)c3ccc(F)c(F)c3F)CC2)nn1-c1ccccc1Cl. The number of hydrogen-bond donors (Lipinski definition) is 0. The zero-order chi connectivity index (χ0) is 25.5. The van der Waals surface area contributed by atoms with Crippen LogP contribution < -0.4 is 5.43 Å². The number of halogens is 4. The Balaban J connectivity index is 1.56. The van der Waals surface area contributed by atoms with Crippen LogP contribution in [0.5, 0.6) is 0 Å². The third-order valence-electron chi connectivity index (χ3n) is 5.53. The second-order valence-electron chi connectivity index (χ2n) is 7.73. The number of rotatable bonds is 4. The summed E-state index contributed by atoms with van der Waals surface area (Å²) in [7, 11) is -4.49. The van der Waals surface area contributed by atoms with Crippen LogP contribution in [0.4, 0.5) is 13.2 Å². The first-order valence-electron chi connectivity index (χ1n) is 10.3. The maximum absolute atomic E-state index is 14.1. The van der Waals surface area contributed by atoms with Gasteiger partial charge in [-0.15, -0.1) is 0 Å². The van der Waals surface area contributed by atoms with Crippen molar-refractivity contribution in [2.24, 2.45) is 0 Å². The van der Waals surface area contributed by atoms with Crippen molar-refractivity contribution in [1.82, 2.24) is 19.0 Å². The number of hydrogen-bond acceptors (Lipinski definition) is 5. The average Bonchev–Trinajstić information content (AvgIpc) is 2.83. The Kier molecular flexibility index (Phi) is 6.71. The normalized spacial score (nSPS) is 14.8. The minimum atomic E-state index is -4.49. The van der Waals surface area contributed by atoms with Crippen LogP contribution in [0.3, 0.4) is 0 Å². The van der Waals surface area contributed by atoms with E-state index in [9.17, 15) is 31.2 Å². The topological polar surface area (TPSA) is 92.6 Å².